The molecule has 0 radical (unpaired) electrons. The number of nitrogens with one attached hydrogen (secondary N) is 1. The molecule has 0 aromatic carbocycles. The molecular formula is C14H20BrN3O3. The Morgan fingerprint density at radius 2 is 2.33 bits per heavy atom. The maximum absolute atomic E-state index is 12.2. The van der Waals surface area contributed by atoms with Crippen LogP contribution in [0.3, 0.4) is 0 Å². The second-order valence-electron chi connectivity index (χ2n) is 5.99. The standard InChI is InChI=1S/C14H20BrN3O3/c1-14(2)6-4-5-10(14)17-9-7-16-18(8-11(19)21-3)13(20)12(9)15/h7,10,17H,4-6,8H2,1-3H3. The Balaban J connectivity index is 2.21. The Bertz CT molecular complexity index is 598. The lowest BCUT2D eigenvalue weighted by Gasteiger charge is -2.28. The van der Waals surface area contributed by atoms with E-state index in [4.69, 9.17) is 0 Å². The minimum absolute atomic E-state index is 0.191. The van der Waals surface area contributed by atoms with Gasteiger partial charge in [0.15, 0.2) is 0 Å². The number of nitrogens with zero attached hydrogens (tertiary/aromatic N) is 2. The normalized spacial score (nSPS) is 20.3. The van der Waals surface area contributed by atoms with Gasteiger partial charge in [-0.3, -0.25) is 9.59 Å². The number of ether oxygens (including phenoxy) is 1. The zero-order chi connectivity index (χ0) is 15.6. The number of hydrogen-bond acceptors (Lipinski definition) is 5. The summed E-state index contributed by atoms with van der Waals surface area (Å²) in [6, 6.07) is 0.312. The SMILES string of the molecule is COC(=O)Cn1ncc(NC2CCCC2(C)C)c(Br)c1=O. The molecule has 0 aliphatic heterocycles. The molecular weight excluding hydrogens is 338 g/mol. The molecule has 0 saturated heterocycles. The summed E-state index contributed by atoms with van der Waals surface area (Å²) in [5.74, 6) is -0.505. The number of rotatable bonds is 4. The van der Waals surface area contributed by atoms with Crippen LogP contribution in [0.2, 0.25) is 0 Å². The minimum atomic E-state index is -0.505. The van der Waals surface area contributed by atoms with Crippen LogP contribution in [0.25, 0.3) is 0 Å². The predicted octanol–water partition coefficient (Wildman–Crippen LogP) is 2.17. The van der Waals surface area contributed by atoms with Crippen LogP contribution >= 0.6 is 15.9 Å². The summed E-state index contributed by atoms with van der Waals surface area (Å²) in [5, 5.41) is 7.42. The molecule has 1 heterocycles. The molecule has 1 unspecified atom stereocenters. The van der Waals surface area contributed by atoms with Crippen molar-refractivity contribution in [2.75, 3.05) is 12.4 Å². The maximum Gasteiger partial charge on any atom is 0.327 e. The first-order valence-electron chi connectivity index (χ1n) is 6.94. The van der Waals surface area contributed by atoms with E-state index in [0.717, 1.165) is 17.5 Å². The quantitative estimate of drug-likeness (QED) is 0.836. The van der Waals surface area contributed by atoms with Crippen molar-refractivity contribution in [2.45, 2.75) is 45.7 Å². The van der Waals surface area contributed by atoms with Crippen molar-refractivity contribution < 1.29 is 9.53 Å². The summed E-state index contributed by atoms with van der Waals surface area (Å²) in [5.41, 5.74) is 0.516. The molecule has 1 aliphatic carbocycles. The first kappa shape index (κ1) is 16.0. The lowest BCUT2D eigenvalue weighted by molar-refractivity contribution is -0.141. The van der Waals surface area contributed by atoms with Gasteiger partial charge in [0, 0.05) is 6.04 Å². The van der Waals surface area contributed by atoms with E-state index in [2.05, 4.69) is 44.9 Å². The molecule has 1 atom stereocenters. The summed E-state index contributed by atoms with van der Waals surface area (Å²) in [6.45, 7) is 4.25. The number of carbonyl (C=O) groups is 1. The molecule has 116 valence electrons. The molecule has 0 spiro atoms. The highest BCUT2D eigenvalue weighted by atomic mass is 79.9. The van der Waals surface area contributed by atoms with Crippen LogP contribution in [-0.4, -0.2) is 28.9 Å². The van der Waals surface area contributed by atoms with Gasteiger partial charge < -0.3 is 10.1 Å². The van der Waals surface area contributed by atoms with Crippen molar-refractivity contribution in [3.63, 3.8) is 0 Å². The molecule has 6 nitrogen and oxygen atoms in total. The first-order valence-corrected chi connectivity index (χ1v) is 7.73. The molecule has 1 aliphatic rings. The van der Waals surface area contributed by atoms with E-state index >= 15 is 0 Å². The number of carbonyl (C=O) groups excluding carboxylic acids is 1. The zero-order valence-electron chi connectivity index (χ0n) is 12.5. The van der Waals surface area contributed by atoms with Crippen LogP contribution < -0.4 is 10.9 Å². The maximum atomic E-state index is 12.2. The van der Waals surface area contributed by atoms with Gasteiger partial charge in [0.2, 0.25) is 0 Å². The van der Waals surface area contributed by atoms with Gasteiger partial charge in [-0.25, -0.2) is 4.68 Å². The Hall–Kier alpha value is -1.37. The topological polar surface area (TPSA) is 73.2 Å². The average molecular weight is 358 g/mol. The largest absolute Gasteiger partial charge is 0.468 e. The molecule has 21 heavy (non-hydrogen) atoms. The Labute approximate surface area is 132 Å². The molecule has 1 fully saturated rings. The van der Waals surface area contributed by atoms with Gasteiger partial charge >= 0.3 is 5.97 Å². The molecule has 2 rings (SSSR count). The van der Waals surface area contributed by atoms with Gasteiger partial charge in [-0.05, 0) is 34.2 Å². The third kappa shape index (κ3) is 3.45. The fourth-order valence-corrected chi connectivity index (χ4v) is 3.07. The third-order valence-electron chi connectivity index (χ3n) is 4.08. The van der Waals surface area contributed by atoms with Crippen molar-refractivity contribution in [3.8, 4) is 0 Å². The van der Waals surface area contributed by atoms with Crippen molar-refractivity contribution in [3.05, 3.63) is 21.0 Å². The van der Waals surface area contributed by atoms with Gasteiger partial charge in [0.25, 0.3) is 5.56 Å². The molecule has 0 bridgehead atoms. The highest BCUT2D eigenvalue weighted by Gasteiger charge is 2.34. The van der Waals surface area contributed by atoms with E-state index in [1.54, 1.807) is 6.20 Å². The Morgan fingerprint density at radius 3 is 2.90 bits per heavy atom. The van der Waals surface area contributed by atoms with Crippen LogP contribution in [-0.2, 0) is 16.1 Å². The van der Waals surface area contributed by atoms with E-state index < -0.39 is 5.97 Å². The fourth-order valence-electron chi connectivity index (χ4n) is 2.65. The summed E-state index contributed by atoms with van der Waals surface area (Å²) in [6.07, 6.45) is 4.98. The van der Waals surface area contributed by atoms with Crippen LogP contribution in [0.4, 0.5) is 5.69 Å². The van der Waals surface area contributed by atoms with Gasteiger partial charge in [0.1, 0.15) is 11.0 Å². The molecule has 1 saturated carbocycles. The van der Waals surface area contributed by atoms with E-state index in [9.17, 15) is 9.59 Å². The summed E-state index contributed by atoms with van der Waals surface area (Å²) in [7, 11) is 1.28. The van der Waals surface area contributed by atoms with Crippen molar-refractivity contribution in [2.24, 2.45) is 5.41 Å². The van der Waals surface area contributed by atoms with Crippen LogP contribution in [0, 0.1) is 5.41 Å². The number of halogens is 1. The van der Waals surface area contributed by atoms with E-state index in [0.29, 0.717) is 16.2 Å². The zero-order valence-corrected chi connectivity index (χ0v) is 14.1. The third-order valence-corrected chi connectivity index (χ3v) is 4.84. The van der Waals surface area contributed by atoms with Crippen LogP contribution in [0.5, 0.6) is 0 Å². The fraction of sp³-hybridized carbons (Fsp3) is 0.643. The molecule has 0 amide bonds. The molecule has 1 N–H and O–H groups in total. The first-order chi connectivity index (χ1) is 9.85. The van der Waals surface area contributed by atoms with Gasteiger partial charge in [-0.2, -0.15) is 5.10 Å². The minimum Gasteiger partial charge on any atom is -0.468 e. The molecule has 7 heteroatoms. The van der Waals surface area contributed by atoms with Crippen molar-refractivity contribution in [1.29, 1.82) is 0 Å². The van der Waals surface area contributed by atoms with Crippen LogP contribution in [0.1, 0.15) is 33.1 Å². The van der Waals surface area contributed by atoms with Crippen LogP contribution in [0.15, 0.2) is 15.5 Å². The summed E-state index contributed by atoms with van der Waals surface area (Å²) < 4.78 is 6.02. The smallest absolute Gasteiger partial charge is 0.327 e. The Morgan fingerprint density at radius 1 is 1.62 bits per heavy atom. The highest BCUT2D eigenvalue weighted by molar-refractivity contribution is 9.10. The molecule has 1 aromatic rings. The lowest BCUT2D eigenvalue weighted by atomic mass is 9.87. The number of anilines is 1. The number of hydrogen-bond donors (Lipinski definition) is 1. The highest BCUT2D eigenvalue weighted by Crippen LogP contribution is 2.39. The second kappa shape index (κ2) is 6.17. The van der Waals surface area contributed by atoms with Gasteiger partial charge in [-0.1, -0.05) is 20.3 Å². The van der Waals surface area contributed by atoms with Gasteiger partial charge in [0.05, 0.1) is 19.0 Å². The lowest BCUT2D eigenvalue weighted by Crippen LogP contribution is -2.33. The average Bonchev–Trinajstić information content (AvgIpc) is 2.77. The van der Waals surface area contributed by atoms with Gasteiger partial charge in [-0.15, -0.1) is 0 Å². The summed E-state index contributed by atoms with van der Waals surface area (Å²) in [4.78, 5) is 23.4. The van der Waals surface area contributed by atoms with Crippen molar-refractivity contribution in [1.82, 2.24) is 9.78 Å². The van der Waals surface area contributed by atoms with E-state index in [1.165, 1.54) is 13.5 Å². The number of methoxy groups -OCH3 is 1. The number of aromatic nitrogens is 2. The van der Waals surface area contributed by atoms with Crippen molar-refractivity contribution >= 4 is 27.6 Å². The monoisotopic (exact) mass is 357 g/mol. The second-order valence-corrected chi connectivity index (χ2v) is 6.78. The number of esters is 1. The summed E-state index contributed by atoms with van der Waals surface area (Å²) >= 11 is 3.30. The van der Waals surface area contributed by atoms with E-state index in [-0.39, 0.29) is 17.5 Å². The molecule has 1 aromatic heterocycles. The predicted molar refractivity (Wildman–Crippen MR) is 83.3 cm³/mol. The Kier molecular flexibility index (Phi) is 4.70. The van der Waals surface area contributed by atoms with E-state index in [1.807, 2.05) is 0 Å².